The second-order valence-corrected chi connectivity index (χ2v) is 9.02. The highest BCUT2D eigenvalue weighted by Gasteiger charge is 2.74. The van der Waals surface area contributed by atoms with Gasteiger partial charge in [-0.15, -0.1) is 0 Å². The lowest BCUT2D eigenvalue weighted by Gasteiger charge is -2.32. The van der Waals surface area contributed by atoms with Gasteiger partial charge in [0.1, 0.15) is 0 Å². The van der Waals surface area contributed by atoms with Crippen molar-refractivity contribution in [2.75, 3.05) is 6.26 Å². The van der Waals surface area contributed by atoms with Gasteiger partial charge in [-0.3, -0.25) is 0 Å². The van der Waals surface area contributed by atoms with E-state index in [1.807, 2.05) is 0 Å². The third kappa shape index (κ3) is 4.70. The van der Waals surface area contributed by atoms with E-state index in [-0.39, 0.29) is 0 Å². The summed E-state index contributed by atoms with van der Waals surface area (Å²) in [7, 11) is -13.4. The van der Waals surface area contributed by atoms with Gasteiger partial charge in [-0.05, 0) is 12.0 Å². The van der Waals surface area contributed by atoms with Gasteiger partial charge in [-0.2, -0.15) is 30.7 Å². The van der Waals surface area contributed by atoms with Crippen molar-refractivity contribution in [3.63, 3.8) is 0 Å². The molecule has 27 heavy (non-hydrogen) atoms. The topological polar surface area (TPSA) is 80.8 Å². The minimum atomic E-state index is -7.48. The van der Waals surface area contributed by atoms with Crippen LogP contribution in [0, 0.1) is 0 Å². The first-order chi connectivity index (χ1) is 11.9. The first kappa shape index (κ1) is 23.6. The second-order valence-electron chi connectivity index (χ2n) is 5.13. The Hall–Kier alpha value is -1.45. The number of alkyl halides is 7. The van der Waals surface area contributed by atoms with Crippen LogP contribution in [-0.4, -0.2) is 50.6 Å². The number of allylic oxidation sites excluding steroid dienone is 3. The lowest BCUT2D eigenvalue weighted by atomic mass is 10.1. The summed E-state index contributed by atoms with van der Waals surface area (Å²) < 4.78 is 140. The summed E-state index contributed by atoms with van der Waals surface area (Å²) in [4.78, 5) is 0. The number of ether oxygens (including phenoxy) is 1. The van der Waals surface area contributed by atoms with Gasteiger partial charge in [-0.1, -0.05) is 30.9 Å². The maximum absolute atomic E-state index is 13.9. The highest BCUT2D eigenvalue weighted by Crippen LogP contribution is 2.45. The van der Waals surface area contributed by atoms with Crippen molar-refractivity contribution in [1.29, 1.82) is 0 Å². The molecule has 1 aliphatic rings. The smallest absolute Gasteiger partial charge is 0.307 e. The Morgan fingerprint density at radius 2 is 1.67 bits per heavy atom. The summed E-state index contributed by atoms with van der Waals surface area (Å²) in [5.41, 5.74) is 0.401. The minimum Gasteiger partial charge on any atom is -0.307 e. The molecule has 0 amide bonds. The molecule has 1 unspecified atom stereocenters. The molecule has 15 heteroatoms. The summed E-state index contributed by atoms with van der Waals surface area (Å²) in [5, 5.41) is -6.56. The fourth-order valence-corrected chi connectivity index (χ4v) is 4.78. The number of sulfonamides is 2. The summed E-state index contributed by atoms with van der Waals surface area (Å²) in [6.07, 6.45) is -10.7. The van der Waals surface area contributed by atoms with E-state index in [9.17, 15) is 47.6 Å². The number of rotatable bonds is 7. The van der Waals surface area contributed by atoms with Crippen molar-refractivity contribution >= 4 is 20.0 Å². The third-order valence-electron chi connectivity index (χ3n) is 3.01. The fourth-order valence-electron chi connectivity index (χ4n) is 1.87. The zero-order valence-electron chi connectivity index (χ0n) is 13.3. The van der Waals surface area contributed by atoms with E-state index in [0.29, 0.717) is 5.57 Å². The molecule has 0 bridgehead atoms. The fraction of sp³-hybridized carbons (Fsp3) is 0.500. The Morgan fingerprint density at radius 3 is 2.00 bits per heavy atom. The van der Waals surface area contributed by atoms with Crippen molar-refractivity contribution in [1.82, 2.24) is 3.71 Å². The lowest BCUT2D eigenvalue weighted by Crippen LogP contribution is -2.59. The zero-order valence-corrected chi connectivity index (χ0v) is 14.9. The summed E-state index contributed by atoms with van der Waals surface area (Å²) in [6, 6.07) is 0. The average Bonchev–Trinajstić information content (AvgIpc) is 2.43. The zero-order chi connectivity index (χ0) is 21.5. The molecular formula is C12H12F7NO5S2. The molecule has 6 nitrogen and oxygen atoms in total. The van der Waals surface area contributed by atoms with E-state index in [1.165, 1.54) is 12.2 Å². The molecule has 1 atom stereocenters. The summed E-state index contributed by atoms with van der Waals surface area (Å²) >= 11 is 0. The van der Waals surface area contributed by atoms with Crippen molar-refractivity contribution in [2.24, 2.45) is 0 Å². The number of nitrogens with zero attached hydrogens (tertiary/aromatic N) is 1. The van der Waals surface area contributed by atoms with Gasteiger partial charge in [0.05, 0.1) is 12.4 Å². The Kier molecular flexibility index (Phi) is 6.27. The van der Waals surface area contributed by atoms with Gasteiger partial charge in [0.2, 0.25) is 10.0 Å². The first-order valence-corrected chi connectivity index (χ1v) is 9.93. The van der Waals surface area contributed by atoms with E-state index < -0.39 is 60.2 Å². The van der Waals surface area contributed by atoms with Gasteiger partial charge >= 0.3 is 27.7 Å². The molecule has 0 radical (unpaired) electrons. The van der Waals surface area contributed by atoms with Crippen molar-refractivity contribution in [3.8, 4) is 0 Å². The van der Waals surface area contributed by atoms with E-state index >= 15 is 0 Å². The van der Waals surface area contributed by atoms with Crippen molar-refractivity contribution in [3.05, 3.63) is 36.5 Å². The van der Waals surface area contributed by atoms with E-state index in [0.717, 1.165) is 12.2 Å². The molecule has 1 aliphatic carbocycles. The lowest BCUT2D eigenvalue weighted by molar-refractivity contribution is -0.328. The predicted octanol–water partition coefficient (Wildman–Crippen LogP) is 2.74. The summed E-state index contributed by atoms with van der Waals surface area (Å²) in [5.74, 6) is 0. The molecule has 0 fully saturated rings. The minimum absolute atomic E-state index is 0.390. The van der Waals surface area contributed by atoms with Gasteiger partial charge in [-0.25, -0.2) is 16.8 Å². The molecule has 1 rings (SSSR count). The molecule has 0 saturated heterocycles. The van der Waals surface area contributed by atoms with Crippen molar-refractivity contribution in [2.45, 2.75) is 30.2 Å². The standard InChI is InChI=1S/C12H12F7NO5S2/c1-3-8-4-6-9(7-5-8)25-10(13,14)11(15,16)27(23,24)20(12(17,18)19)26(2,21)22/h3-6,9H,1,7H2,2H3. The van der Waals surface area contributed by atoms with Crippen LogP contribution < -0.4 is 0 Å². The third-order valence-corrected chi connectivity index (χ3v) is 6.75. The van der Waals surface area contributed by atoms with Crippen LogP contribution in [0.25, 0.3) is 0 Å². The maximum Gasteiger partial charge on any atom is 0.487 e. The highest BCUT2D eigenvalue weighted by molar-refractivity contribution is 8.04. The monoisotopic (exact) mass is 447 g/mol. The first-order valence-electron chi connectivity index (χ1n) is 6.64. The molecule has 0 spiro atoms. The van der Waals surface area contributed by atoms with Crippen LogP contribution in [-0.2, 0) is 24.8 Å². The Morgan fingerprint density at radius 1 is 1.15 bits per heavy atom. The van der Waals surface area contributed by atoms with Crippen LogP contribution >= 0.6 is 0 Å². The molecule has 0 aromatic rings. The van der Waals surface area contributed by atoms with Crippen LogP contribution in [0.4, 0.5) is 30.7 Å². The molecule has 156 valence electrons. The molecular weight excluding hydrogens is 435 g/mol. The quantitative estimate of drug-likeness (QED) is 0.443. The van der Waals surface area contributed by atoms with Gasteiger partial charge in [0, 0.05) is 3.71 Å². The van der Waals surface area contributed by atoms with E-state index in [4.69, 9.17) is 0 Å². The highest BCUT2D eigenvalue weighted by atomic mass is 32.3. The van der Waals surface area contributed by atoms with Crippen LogP contribution in [0.5, 0.6) is 0 Å². The average molecular weight is 447 g/mol. The number of hydrogen-bond donors (Lipinski definition) is 0. The normalized spacial score (nSPS) is 19.9. The van der Waals surface area contributed by atoms with E-state index in [1.54, 1.807) is 0 Å². The molecule has 0 aromatic heterocycles. The number of halogens is 7. The molecule has 0 saturated carbocycles. The van der Waals surface area contributed by atoms with Crippen LogP contribution in [0.3, 0.4) is 0 Å². The van der Waals surface area contributed by atoms with Crippen molar-refractivity contribution < 1.29 is 52.3 Å². The molecule has 0 aliphatic heterocycles. The number of hydrogen-bond acceptors (Lipinski definition) is 5. The van der Waals surface area contributed by atoms with Crippen LogP contribution in [0.15, 0.2) is 36.5 Å². The Balaban J connectivity index is 3.31. The second kappa shape index (κ2) is 7.18. The van der Waals surface area contributed by atoms with Gasteiger partial charge < -0.3 is 4.74 Å². The molecule has 0 aromatic carbocycles. The van der Waals surface area contributed by atoms with Crippen LogP contribution in [0.1, 0.15) is 6.42 Å². The Bertz CT molecular complexity index is 859. The van der Waals surface area contributed by atoms with Gasteiger partial charge in [0.15, 0.2) is 0 Å². The van der Waals surface area contributed by atoms with Crippen LogP contribution in [0.2, 0.25) is 0 Å². The molecule has 0 N–H and O–H groups in total. The van der Waals surface area contributed by atoms with E-state index in [2.05, 4.69) is 11.3 Å². The van der Waals surface area contributed by atoms with Gasteiger partial charge in [0.25, 0.3) is 0 Å². The Labute approximate surface area is 149 Å². The molecule has 0 heterocycles. The maximum atomic E-state index is 13.9. The predicted molar refractivity (Wildman–Crippen MR) is 78.5 cm³/mol. The summed E-state index contributed by atoms with van der Waals surface area (Å²) in [6.45, 7) is 3.34. The largest absolute Gasteiger partial charge is 0.487 e. The SMILES string of the molecule is C=CC1=CCC(OC(F)(F)C(F)(F)S(=O)(=O)N(C(F)(F)F)S(C)(=O)=O)C=C1.